The van der Waals surface area contributed by atoms with E-state index in [9.17, 15) is 0 Å². The Morgan fingerprint density at radius 2 is 1.75 bits per heavy atom. The van der Waals surface area contributed by atoms with Crippen molar-refractivity contribution in [1.29, 1.82) is 0 Å². The van der Waals surface area contributed by atoms with Crippen molar-refractivity contribution in [2.24, 2.45) is 0 Å². The average Bonchev–Trinajstić information content (AvgIpc) is 3.33. The summed E-state index contributed by atoms with van der Waals surface area (Å²) in [5.41, 5.74) is 1.91. The SMILES string of the molecule is Fc1c(-c2cccc3cccc(Cl)c23)ncc2c(N3CC4CCC(C3)N4)nc(OCc3ccc(SCl)cc3)nc12. The Hall–Kier alpha value is -3.17. The molecule has 2 saturated heterocycles. The van der Waals surface area contributed by atoms with E-state index in [1.807, 2.05) is 54.6 Å². The normalized spacial score (nSPS) is 18.5. The second kappa shape index (κ2) is 10.7. The van der Waals surface area contributed by atoms with E-state index in [0.29, 0.717) is 33.9 Å². The number of pyridine rings is 1. The topological polar surface area (TPSA) is 63.2 Å². The zero-order valence-corrected chi connectivity index (χ0v) is 23.6. The maximum Gasteiger partial charge on any atom is 0.319 e. The van der Waals surface area contributed by atoms with E-state index in [4.69, 9.17) is 32.0 Å². The maximum absolute atomic E-state index is 16.5. The van der Waals surface area contributed by atoms with Crippen LogP contribution in [0.15, 0.2) is 71.8 Å². The zero-order valence-electron chi connectivity index (χ0n) is 21.3. The van der Waals surface area contributed by atoms with E-state index in [1.54, 1.807) is 12.3 Å². The lowest BCUT2D eigenvalue weighted by atomic mass is 10.0. The number of fused-ring (bicyclic) bond motifs is 4. The Morgan fingerprint density at radius 1 is 1.00 bits per heavy atom. The van der Waals surface area contributed by atoms with Gasteiger partial charge in [-0.2, -0.15) is 9.97 Å². The number of benzene rings is 3. The van der Waals surface area contributed by atoms with Gasteiger partial charge in [0.1, 0.15) is 23.6 Å². The average molecular weight is 593 g/mol. The molecular weight excluding hydrogens is 568 g/mol. The molecule has 2 aliphatic rings. The molecule has 5 aromatic rings. The molecule has 2 fully saturated rings. The Bertz CT molecular complexity index is 1720. The number of piperazine rings is 1. The van der Waals surface area contributed by atoms with Gasteiger partial charge in [-0.25, -0.2) is 4.39 Å². The minimum absolute atomic E-state index is 0.121. The van der Waals surface area contributed by atoms with E-state index in [1.165, 1.54) is 0 Å². The van der Waals surface area contributed by atoms with Crippen LogP contribution in [-0.2, 0) is 6.61 Å². The Labute approximate surface area is 244 Å². The molecule has 0 spiro atoms. The fourth-order valence-corrected chi connectivity index (χ4v) is 6.59. The van der Waals surface area contributed by atoms with Crippen molar-refractivity contribution in [1.82, 2.24) is 20.3 Å². The predicted octanol–water partition coefficient (Wildman–Crippen LogP) is 7.40. The molecule has 0 saturated carbocycles. The standard InChI is InChI=1S/C30H24Cl2FN5OS/c31-24-6-2-4-18-3-1-5-22(25(18)24)27-26(33)28-23(13-34-27)29(38-14-19-9-10-20(15-38)35-19)37-30(36-28)39-16-17-7-11-21(40-32)12-8-17/h1-8,11-13,19-20,35H,9-10,14-16H2. The third kappa shape index (κ3) is 4.73. The number of aromatic nitrogens is 3. The highest BCUT2D eigenvalue weighted by Crippen LogP contribution is 2.38. The number of anilines is 1. The van der Waals surface area contributed by atoms with Gasteiger partial charge in [-0.15, -0.1) is 0 Å². The number of ether oxygens (including phenoxy) is 1. The van der Waals surface area contributed by atoms with Gasteiger partial charge < -0.3 is 15.0 Å². The quantitative estimate of drug-likeness (QED) is 0.220. The molecule has 0 radical (unpaired) electrons. The van der Waals surface area contributed by atoms with Crippen molar-refractivity contribution in [3.8, 4) is 17.3 Å². The summed E-state index contributed by atoms with van der Waals surface area (Å²) in [6, 6.07) is 19.9. The molecule has 202 valence electrons. The van der Waals surface area contributed by atoms with Crippen molar-refractivity contribution in [3.63, 3.8) is 0 Å². The van der Waals surface area contributed by atoms with Crippen LogP contribution in [-0.4, -0.2) is 40.1 Å². The van der Waals surface area contributed by atoms with Crippen LogP contribution >= 0.6 is 33.3 Å². The lowest BCUT2D eigenvalue weighted by molar-refractivity contribution is 0.281. The lowest BCUT2D eigenvalue weighted by Gasteiger charge is -2.34. The van der Waals surface area contributed by atoms with Gasteiger partial charge in [0.25, 0.3) is 0 Å². The number of hydrogen-bond acceptors (Lipinski definition) is 7. The van der Waals surface area contributed by atoms with E-state index in [2.05, 4.69) is 20.2 Å². The van der Waals surface area contributed by atoms with E-state index >= 15 is 4.39 Å². The fraction of sp³-hybridized carbons (Fsp3) is 0.233. The fourth-order valence-electron chi connectivity index (χ4n) is 5.76. The summed E-state index contributed by atoms with van der Waals surface area (Å²) in [4.78, 5) is 17.1. The van der Waals surface area contributed by atoms with Gasteiger partial charge in [0, 0.05) is 52.2 Å². The molecule has 3 aromatic carbocycles. The second-order valence-electron chi connectivity index (χ2n) is 10.2. The first-order chi connectivity index (χ1) is 19.6. The summed E-state index contributed by atoms with van der Waals surface area (Å²) in [6.07, 6.45) is 3.90. The van der Waals surface area contributed by atoms with Crippen LogP contribution < -0.4 is 15.0 Å². The Kier molecular flexibility index (Phi) is 6.87. The number of halogens is 3. The minimum atomic E-state index is -0.528. The molecule has 0 aliphatic carbocycles. The summed E-state index contributed by atoms with van der Waals surface area (Å²) in [5.74, 6) is 0.112. The highest BCUT2D eigenvalue weighted by Gasteiger charge is 2.34. The van der Waals surface area contributed by atoms with Crippen LogP contribution in [0, 0.1) is 5.82 Å². The van der Waals surface area contributed by atoms with Gasteiger partial charge in [0.2, 0.25) is 0 Å². The van der Waals surface area contributed by atoms with Crippen molar-refractivity contribution in [2.75, 3.05) is 18.0 Å². The molecular formula is C30H24Cl2FN5OS. The highest BCUT2D eigenvalue weighted by molar-refractivity contribution is 8.21. The molecule has 2 bridgehead atoms. The number of rotatable bonds is 6. The van der Waals surface area contributed by atoms with Gasteiger partial charge >= 0.3 is 6.01 Å². The first-order valence-electron chi connectivity index (χ1n) is 13.1. The summed E-state index contributed by atoms with van der Waals surface area (Å²) in [5, 5.41) is 6.40. The first kappa shape index (κ1) is 25.8. The second-order valence-corrected chi connectivity index (χ2v) is 11.7. The van der Waals surface area contributed by atoms with E-state index in [0.717, 1.165) is 58.1 Å². The van der Waals surface area contributed by atoms with Crippen molar-refractivity contribution in [2.45, 2.75) is 36.4 Å². The van der Waals surface area contributed by atoms with Crippen LogP contribution in [0.5, 0.6) is 6.01 Å². The van der Waals surface area contributed by atoms with Crippen molar-refractivity contribution < 1.29 is 9.13 Å². The third-order valence-corrected chi connectivity index (χ3v) is 8.95. The van der Waals surface area contributed by atoms with Crippen LogP contribution in [0.1, 0.15) is 18.4 Å². The summed E-state index contributed by atoms with van der Waals surface area (Å²) < 4.78 is 22.5. The largest absolute Gasteiger partial charge is 0.459 e. The lowest BCUT2D eigenvalue weighted by Crippen LogP contribution is -2.51. The summed E-state index contributed by atoms with van der Waals surface area (Å²) in [6.45, 7) is 1.80. The number of hydrogen-bond donors (Lipinski definition) is 1. The van der Waals surface area contributed by atoms with Crippen LogP contribution in [0.3, 0.4) is 0 Å². The third-order valence-electron chi connectivity index (χ3n) is 7.65. The highest BCUT2D eigenvalue weighted by atomic mass is 35.7. The van der Waals surface area contributed by atoms with Gasteiger partial charge in [-0.3, -0.25) is 4.98 Å². The molecule has 7 rings (SSSR count). The maximum atomic E-state index is 16.5. The summed E-state index contributed by atoms with van der Waals surface area (Å²) >= 11 is 6.57. The van der Waals surface area contributed by atoms with Gasteiger partial charge in [-0.1, -0.05) is 54.1 Å². The Balaban J connectivity index is 1.34. The van der Waals surface area contributed by atoms with Crippen LogP contribution in [0.25, 0.3) is 32.9 Å². The van der Waals surface area contributed by atoms with Crippen LogP contribution in [0.4, 0.5) is 10.2 Å². The molecule has 6 nitrogen and oxygen atoms in total. The Morgan fingerprint density at radius 3 is 2.50 bits per heavy atom. The molecule has 0 amide bonds. The van der Waals surface area contributed by atoms with E-state index in [-0.39, 0.29) is 23.8 Å². The van der Waals surface area contributed by atoms with Gasteiger partial charge in [0.15, 0.2) is 5.82 Å². The molecule has 2 aliphatic heterocycles. The smallest absolute Gasteiger partial charge is 0.319 e. The first-order valence-corrected chi connectivity index (χ1v) is 15.1. The minimum Gasteiger partial charge on any atom is -0.459 e. The number of nitrogens with zero attached hydrogens (tertiary/aromatic N) is 4. The molecule has 2 aromatic heterocycles. The monoisotopic (exact) mass is 591 g/mol. The molecule has 2 unspecified atom stereocenters. The molecule has 4 heterocycles. The van der Waals surface area contributed by atoms with Crippen LogP contribution in [0.2, 0.25) is 5.02 Å². The van der Waals surface area contributed by atoms with Gasteiger partial charge in [0.05, 0.1) is 5.39 Å². The molecule has 2 atom stereocenters. The molecule has 1 N–H and O–H groups in total. The van der Waals surface area contributed by atoms with Gasteiger partial charge in [-0.05, 0) is 63.6 Å². The number of nitrogens with one attached hydrogen (secondary N) is 1. The summed E-state index contributed by atoms with van der Waals surface area (Å²) in [7, 11) is 7.00. The van der Waals surface area contributed by atoms with Crippen molar-refractivity contribution in [3.05, 3.63) is 83.3 Å². The molecule has 40 heavy (non-hydrogen) atoms. The van der Waals surface area contributed by atoms with E-state index < -0.39 is 5.82 Å². The molecule has 10 heteroatoms. The zero-order chi connectivity index (χ0) is 27.2. The predicted molar refractivity (Wildman–Crippen MR) is 160 cm³/mol. The van der Waals surface area contributed by atoms with Crippen molar-refractivity contribution >= 4 is 60.8 Å².